The highest BCUT2D eigenvalue weighted by Gasteiger charge is 2.39. The second-order valence-corrected chi connectivity index (χ2v) is 12.5. The Morgan fingerprint density at radius 1 is 0.854 bits per heavy atom. The summed E-state index contributed by atoms with van der Waals surface area (Å²) in [6.07, 6.45) is -1.66. The minimum absolute atomic E-state index is 0.0117. The van der Waals surface area contributed by atoms with E-state index in [9.17, 15) is 28.6 Å². The number of nitrogens with zero attached hydrogens (tertiary/aromatic N) is 8. The molecular formula is C26H40N11O10P. The van der Waals surface area contributed by atoms with Crippen LogP contribution in [-0.2, 0) is 23.1 Å². The average molecular weight is 698 g/mol. The van der Waals surface area contributed by atoms with Crippen LogP contribution in [0.5, 0.6) is 0 Å². The maximum Gasteiger partial charge on any atom is 0.330 e. The van der Waals surface area contributed by atoms with Crippen LogP contribution in [0.1, 0.15) is 57.2 Å². The van der Waals surface area contributed by atoms with Gasteiger partial charge in [-0.05, 0) is 45.7 Å². The third kappa shape index (κ3) is 9.99. The van der Waals surface area contributed by atoms with E-state index in [1.165, 1.54) is 45.9 Å². The molecule has 3 N–H and O–H groups in total. The molecule has 6 atom stereocenters. The first-order valence-electron chi connectivity index (χ1n) is 15.2. The summed E-state index contributed by atoms with van der Waals surface area (Å²) in [5.74, 6) is 0. The Morgan fingerprint density at radius 3 is 1.54 bits per heavy atom. The van der Waals surface area contributed by atoms with E-state index in [0.717, 1.165) is 9.13 Å². The van der Waals surface area contributed by atoms with Crippen molar-refractivity contribution in [3.8, 4) is 0 Å². The molecule has 48 heavy (non-hydrogen) atoms. The summed E-state index contributed by atoms with van der Waals surface area (Å²) in [5, 5.41) is 7.17. The van der Waals surface area contributed by atoms with Gasteiger partial charge < -0.3 is 28.3 Å². The molecule has 0 saturated carbocycles. The highest BCUT2D eigenvalue weighted by molar-refractivity contribution is 7.45. The standard InChI is InChI=1S/C20H25N10O10P.C6H15N/c1-9-5-29(19(33)23-17(9)31)15-3-11(25-27-21)13(39-15)7-37-41(35,36)38-8-14-12(26-28-22)4-16(40-14)30-6-10(2)18(32)24-20(30)34;1-4-7(5-2)6-3/h5-6,11-16H,3-4,7-8H2,1-2H3,(H,35,36)(H,23,31,33)(H,24,32,34);4-6H2,1-3H3/t11-,12-,13+,14+,15+,16+;/m0./s1. The van der Waals surface area contributed by atoms with E-state index in [0.29, 0.717) is 0 Å². The van der Waals surface area contributed by atoms with Crippen molar-refractivity contribution in [2.45, 2.75) is 84.2 Å². The minimum Gasteiger partial charge on any atom is -0.756 e. The molecule has 2 fully saturated rings. The van der Waals surface area contributed by atoms with Crippen LogP contribution >= 0.6 is 7.82 Å². The minimum atomic E-state index is -5.03. The van der Waals surface area contributed by atoms with E-state index in [1.807, 2.05) is 0 Å². The summed E-state index contributed by atoms with van der Waals surface area (Å²) in [4.78, 5) is 71.7. The maximum atomic E-state index is 12.5. The largest absolute Gasteiger partial charge is 0.756 e. The van der Waals surface area contributed by atoms with Gasteiger partial charge in [-0.2, -0.15) is 0 Å². The molecule has 0 bridgehead atoms. The number of aromatic amines is 2. The van der Waals surface area contributed by atoms with Crippen LogP contribution in [0.3, 0.4) is 0 Å². The third-order valence-electron chi connectivity index (χ3n) is 8.01. The van der Waals surface area contributed by atoms with Crippen molar-refractivity contribution in [2.75, 3.05) is 32.8 Å². The van der Waals surface area contributed by atoms with Crippen molar-refractivity contribution < 1.29 is 32.9 Å². The number of phosphoric ester groups is 1. The second-order valence-electron chi connectivity index (χ2n) is 11.1. The molecule has 22 heteroatoms. The molecule has 0 unspecified atom stereocenters. The first-order valence-corrected chi connectivity index (χ1v) is 16.7. The van der Waals surface area contributed by atoms with Crippen LogP contribution in [-0.4, -0.2) is 76.2 Å². The number of ether oxygens (including phenoxy) is 2. The Balaban J connectivity index is 0.000000804. The average Bonchev–Trinajstić information content (AvgIpc) is 3.64. The van der Waals surface area contributed by atoms with Gasteiger partial charge in [-0.1, -0.05) is 10.2 Å². The summed E-state index contributed by atoms with van der Waals surface area (Å²) < 4.78 is 36.0. The lowest BCUT2D eigenvalue weighted by atomic mass is 10.1. The summed E-state index contributed by atoms with van der Waals surface area (Å²) in [6, 6.07) is -1.84. The Labute approximate surface area is 273 Å². The lowest BCUT2D eigenvalue weighted by Crippen LogP contribution is -3.11. The number of H-pyrrole nitrogens is 2. The normalized spacial score (nSPS) is 24.6. The smallest absolute Gasteiger partial charge is 0.330 e. The van der Waals surface area contributed by atoms with Gasteiger partial charge in [0.25, 0.3) is 18.9 Å². The number of aryl methyl sites for hydroxylation is 2. The van der Waals surface area contributed by atoms with Gasteiger partial charge in [0, 0.05) is 46.2 Å². The molecule has 4 heterocycles. The van der Waals surface area contributed by atoms with Crippen LogP contribution in [0, 0.1) is 13.8 Å². The summed E-state index contributed by atoms with van der Waals surface area (Å²) in [5.41, 5.74) is 15.6. The van der Waals surface area contributed by atoms with Gasteiger partial charge in [0.15, 0.2) is 0 Å². The Kier molecular flexibility index (Phi) is 13.9. The topological polar surface area (TPSA) is 289 Å². The van der Waals surface area contributed by atoms with E-state index in [-0.39, 0.29) is 24.0 Å². The molecule has 2 aliphatic heterocycles. The lowest BCUT2D eigenvalue weighted by molar-refractivity contribution is -0.894. The Bertz CT molecular complexity index is 1670. The van der Waals surface area contributed by atoms with E-state index >= 15 is 0 Å². The van der Waals surface area contributed by atoms with Crippen molar-refractivity contribution in [2.24, 2.45) is 10.2 Å². The third-order valence-corrected chi connectivity index (χ3v) is 8.94. The molecule has 2 aliphatic rings. The number of azide groups is 2. The molecular weight excluding hydrogens is 657 g/mol. The molecule has 21 nitrogen and oxygen atoms in total. The number of nitrogens with one attached hydrogen (secondary N) is 3. The molecule has 2 aromatic rings. The summed E-state index contributed by atoms with van der Waals surface area (Å²) in [6.45, 7) is 12.2. The number of quaternary nitrogens is 1. The van der Waals surface area contributed by atoms with Gasteiger partial charge in [0.1, 0.15) is 12.5 Å². The number of phosphoric acid groups is 1. The number of hydrogen-bond donors (Lipinski definition) is 3. The predicted molar refractivity (Wildman–Crippen MR) is 167 cm³/mol. The fourth-order valence-electron chi connectivity index (χ4n) is 5.16. The molecule has 0 radical (unpaired) electrons. The summed E-state index contributed by atoms with van der Waals surface area (Å²) >= 11 is 0. The van der Waals surface area contributed by atoms with Gasteiger partial charge in [-0.25, -0.2) is 9.59 Å². The van der Waals surface area contributed by atoms with Crippen LogP contribution in [0.2, 0.25) is 0 Å². The molecule has 0 spiro atoms. The Hall–Kier alpha value is -4.03. The zero-order chi connectivity index (χ0) is 35.6. The van der Waals surface area contributed by atoms with Gasteiger partial charge in [-0.15, -0.1) is 0 Å². The zero-order valence-electron chi connectivity index (χ0n) is 27.2. The van der Waals surface area contributed by atoms with Crippen molar-refractivity contribution in [3.05, 3.63) is 86.1 Å². The zero-order valence-corrected chi connectivity index (χ0v) is 28.1. The van der Waals surface area contributed by atoms with Crippen molar-refractivity contribution in [1.82, 2.24) is 19.1 Å². The first-order chi connectivity index (χ1) is 22.8. The fraction of sp³-hybridized carbons (Fsp3) is 0.692. The molecule has 0 amide bonds. The predicted octanol–water partition coefficient (Wildman–Crippen LogP) is 0.0690. The molecule has 0 aromatic carbocycles. The van der Waals surface area contributed by atoms with E-state index < -0.39 is 80.3 Å². The monoisotopic (exact) mass is 697 g/mol. The van der Waals surface area contributed by atoms with Crippen LogP contribution in [0.15, 0.2) is 41.8 Å². The molecule has 0 aliphatic carbocycles. The van der Waals surface area contributed by atoms with Crippen LogP contribution in [0.25, 0.3) is 20.9 Å². The van der Waals surface area contributed by atoms with Gasteiger partial charge >= 0.3 is 11.4 Å². The van der Waals surface area contributed by atoms with Crippen molar-refractivity contribution >= 4 is 7.82 Å². The number of hydrogen-bond acceptors (Lipinski definition) is 12. The second kappa shape index (κ2) is 17.4. The first kappa shape index (κ1) is 38.4. The van der Waals surface area contributed by atoms with Crippen LogP contribution < -0.4 is 32.3 Å². The number of rotatable bonds is 13. The van der Waals surface area contributed by atoms with E-state index in [4.69, 9.17) is 29.6 Å². The number of aromatic nitrogens is 4. The lowest BCUT2D eigenvalue weighted by Gasteiger charge is -2.27. The van der Waals surface area contributed by atoms with E-state index in [1.54, 1.807) is 4.90 Å². The SMILES string of the molecule is CC[NH+](CC)CC.Cc1cn([C@H]2C[C@H](N=[N+]=[N-])[C@@H](COP(=O)([O-])OC[C@H]3O[C@@H](n4cc(C)c(=O)[nH]c4=O)C[C@@H]3N=[N+]=[N-])O2)c(=O)[nH]c1=O. The molecule has 2 aromatic heterocycles. The van der Waals surface area contributed by atoms with Crippen molar-refractivity contribution in [3.63, 3.8) is 0 Å². The van der Waals surface area contributed by atoms with Crippen molar-refractivity contribution in [1.29, 1.82) is 0 Å². The van der Waals surface area contributed by atoms with Crippen LogP contribution in [0.4, 0.5) is 0 Å². The van der Waals surface area contributed by atoms with Gasteiger partial charge in [0.2, 0.25) is 0 Å². The summed E-state index contributed by atoms with van der Waals surface area (Å²) in [7, 11) is -5.03. The highest BCUT2D eigenvalue weighted by Crippen LogP contribution is 2.42. The maximum absolute atomic E-state index is 12.5. The quantitative estimate of drug-likeness (QED) is 0.109. The molecule has 4 rings (SSSR count). The highest BCUT2D eigenvalue weighted by atomic mass is 31.2. The molecule has 2 saturated heterocycles. The van der Waals surface area contributed by atoms with Gasteiger partial charge in [0.05, 0.1) is 57.1 Å². The Morgan fingerprint density at radius 2 is 1.23 bits per heavy atom. The van der Waals surface area contributed by atoms with Gasteiger partial charge in [-0.3, -0.25) is 33.3 Å². The van der Waals surface area contributed by atoms with E-state index in [2.05, 4.69) is 50.8 Å². The molecule has 264 valence electrons. The fourth-order valence-corrected chi connectivity index (χ4v) is 5.90.